The minimum absolute atomic E-state index is 0.681. The fraction of sp³-hybridized carbons (Fsp3) is 0.778. The Kier molecular flexibility index (Phi) is 6.78. The van der Waals surface area contributed by atoms with Crippen LogP contribution in [0.3, 0.4) is 0 Å². The molecule has 1 aromatic heterocycles. The Labute approximate surface area is 130 Å². The normalized spacial score (nSPS) is 20.9. The predicted molar refractivity (Wildman–Crippen MR) is 88.2 cm³/mol. The fourth-order valence-electron chi connectivity index (χ4n) is 3.17. The van der Waals surface area contributed by atoms with E-state index in [2.05, 4.69) is 37.1 Å². The Morgan fingerprint density at radius 3 is 2.95 bits per heavy atom. The molecule has 0 bridgehead atoms. The van der Waals surface area contributed by atoms with Gasteiger partial charge in [-0.05, 0) is 56.8 Å². The molecule has 2 rings (SSSR count). The summed E-state index contributed by atoms with van der Waals surface area (Å²) in [6, 6.07) is 2.15. The van der Waals surface area contributed by atoms with Crippen LogP contribution >= 0.6 is 0 Å². The summed E-state index contributed by atoms with van der Waals surface area (Å²) in [7, 11) is 0. The molecule has 0 amide bonds. The predicted octanol–water partition coefficient (Wildman–Crippen LogP) is 4.04. The van der Waals surface area contributed by atoms with E-state index in [-0.39, 0.29) is 0 Å². The van der Waals surface area contributed by atoms with Crippen molar-refractivity contribution in [2.24, 2.45) is 11.8 Å². The van der Waals surface area contributed by atoms with E-state index in [0.717, 1.165) is 31.3 Å². The number of hydrogen-bond donors (Lipinski definition) is 1. The van der Waals surface area contributed by atoms with Crippen molar-refractivity contribution in [1.29, 1.82) is 0 Å². The molecule has 120 valence electrons. The van der Waals surface area contributed by atoms with Crippen LogP contribution < -0.4 is 5.32 Å². The molecule has 1 N–H and O–H groups in total. The van der Waals surface area contributed by atoms with E-state index >= 15 is 0 Å². The zero-order valence-electron chi connectivity index (χ0n) is 14.0. The fourth-order valence-corrected chi connectivity index (χ4v) is 3.17. The van der Waals surface area contributed by atoms with Crippen molar-refractivity contribution >= 4 is 0 Å². The van der Waals surface area contributed by atoms with E-state index in [4.69, 9.17) is 4.42 Å². The molecular weight excluding hydrogens is 260 g/mol. The zero-order valence-corrected chi connectivity index (χ0v) is 14.0. The first kappa shape index (κ1) is 16.6. The maximum absolute atomic E-state index is 5.67. The van der Waals surface area contributed by atoms with Crippen molar-refractivity contribution in [2.45, 2.75) is 59.5 Å². The van der Waals surface area contributed by atoms with Crippen LogP contribution in [0.5, 0.6) is 0 Å². The number of nitrogens with one attached hydrogen (secondary N) is 1. The van der Waals surface area contributed by atoms with Crippen LogP contribution in [-0.4, -0.2) is 24.5 Å². The number of nitrogens with zero attached hydrogens (tertiary/aromatic N) is 1. The highest BCUT2D eigenvalue weighted by Crippen LogP contribution is 2.22. The molecule has 2 heterocycles. The lowest BCUT2D eigenvalue weighted by Crippen LogP contribution is -2.25. The molecule has 0 radical (unpaired) electrons. The lowest BCUT2D eigenvalue weighted by Gasteiger charge is -2.20. The molecular formula is C18H32N2O. The molecule has 3 nitrogen and oxygen atoms in total. The molecule has 1 aliphatic rings. The van der Waals surface area contributed by atoms with Crippen LogP contribution in [-0.2, 0) is 13.1 Å². The summed E-state index contributed by atoms with van der Waals surface area (Å²) in [5, 5.41) is 3.48. The van der Waals surface area contributed by atoms with Crippen molar-refractivity contribution in [2.75, 3.05) is 19.6 Å². The Bertz CT molecular complexity index is 400. The highest BCUT2D eigenvalue weighted by Gasteiger charge is 2.17. The maximum Gasteiger partial charge on any atom is 0.122 e. The van der Waals surface area contributed by atoms with E-state index in [1.807, 2.05) is 6.26 Å². The highest BCUT2D eigenvalue weighted by atomic mass is 16.3. The SMILES string of the molecule is CCC1CCCN(Cc2ccoc2CNCC(C)C)CC1. The van der Waals surface area contributed by atoms with Gasteiger partial charge in [-0.25, -0.2) is 0 Å². The third kappa shape index (κ3) is 5.48. The van der Waals surface area contributed by atoms with Gasteiger partial charge in [0, 0.05) is 12.1 Å². The highest BCUT2D eigenvalue weighted by molar-refractivity contribution is 5.17. The number of likely N-dealkylation sites (tertiary alicyclic amines) is 1. The number of furan rings is 1. The van der Waals surface area contributed by atoms with Crippen LogP contribution in [0.15, 0.2) is 16.7 Å². The average molecular weight is 292 g/mol. The lowest BCUT2D eigenvalue weighted by molar-refractivity contribution is 0.269. The summed E-state index contributed by atoms with van der Waals surface area (Å²) in [4.78, 5) is 2.60. The summed E-state index contributed by atoms with van der Waals surface area (Å²) in [6.07, 6.45) is 7.28. The monoisotopic (exact) mass is 292 g/mol. The summed E-state index contributed by atoms with van der Waals surface area (Å²) >= 11 is 0. The second-order valence-corrected chi connectivity index (χ2v) is 6.88. The minimum atomic E-state index is 0.681. The van der Waals surface area contributed by atoms with Crippen LogP contribution in [0.25, 0.3) is 0 Å². The van der Waals surface area contributed by atoms with Gasteiger partial charge in [0.25, 0.3) is 0 Å². The van der Waals surface area contributed by atoms with Gasteiger partial charge in [-0.3, -0.25) is 4.90 Å². The summed E-state index contributed by atoms with van der Waals surface area (Å²) < 4.78 is 5.67. The van der Waals surface area contributed by atoms with E-state index in [1.54, 1.807) is 0 Å². The molecule has 0 saturated carbocycles. The molecule has 1 saturated heterocycles. The van der Waals surface area contributed by atoms with Gasteiger partial charge in [0.1, 0.15) is 5.76 Å². The van der Waals surface area contributed by atoms with Crippen molar-refractivity contribution in [1.82, 2.24) is 10.2 Å². The number of rotatable bonds is 7. The van der Waals surface area contributed by atoms with Gasteiger partial charge in [-0.15, -0.1) is 0 Å². The minimum Gasteiger partial charge on any atom is -0.468 e. The second-order valence-electron chi connectivity index (χ2n) is 6.88. The number of hydrogen-bond acceptors (Lipinski definition) is 3. The Morgan fingerprint density at radius 2 is 2.19 bits per heavy atom. The van der Waals surface area contributed by atoms with Crippen LogP contribution in [0.4, 0.5) is 0 Å². The van der Waals surface area contributed by atoms with Gasteiger partial charge in [-0.1, -0.05) is 27.2 Å². The average Bonchev–Trinajstić information content (AvgIpc) is 2.76. The summed E-state index contributed by atoms with van der Waals surface area (Å²) in [5.74, 6) is 2.73. The Balaban J connectivity index is 1.83. The van der Waals surface area contributed by atoms with Crippen molar-refractivity contribution < 1.29 is 4.42 Å². The third-order valence-electron chi connectivity index (χ3n) is 4.59. The summed E-state index contributed by atoms with van der Waals surface area (Å²) in [5.41, 5.74) is 1.36. The van der Waals surface area contributed by atoms with Gasteiger partial charge >= 0.3 is 0 Å². The van der Waals surface area contributed by atoms with Gasteiger partial charge in [-0.2, -0.15) is 0 Å². The largest absolute Gasteiger partial charge is 0.468 e. The summed E-state index contributed by atoms with van der Waals surface area (Å²) in [6.45, 7) is 12.2. The third-order valence-corrected chi connectivity index (χ3v) is 4.59. The smallest absolute Gasteiger partial charge is 0.122 e. The quantitative estimate of drug-likeness (QED) is 0.822. The molecule has 1 unspecified atom stereocenters. The van der Waals surface area contributed by atoms with E-state index in [1.165, 1.54) is 44.3 Å². The molecule has 0 spiro atoms. The molecule has 1 aromatic rings. The van der Waals surface area contributed by atoms with Crippen molar-refractivity contribution in [3.05, 3.63) is 23.7 Å². The van der Waals surface area contributed by atoms with E-state index in [9.17, 15) is 0 Å². The van der Waals surface area contributed by atoms with E-state index in [0.29, 0.717) is 5.92 Å². The molecule has 1 fully saturated rings. The van der Waals surface area contributed by atoms with Crippen molar-refractivity contribution in [3.63, 3.8) is 0 Å². The lowest BCUT2D eigenvalue weighted by atomic mass is 9.98. The van der Waals surface area contributed by atoms with Crippen molar-refractivity contribution in [3.8, 4) is 0 Å². The zero-order chi connectivity index (χ0) is 15.1. The molecule has 1 aliphatic heterocycles. The topological polar surface area (TPSA) is 28.4 Å². The molecule has 0 aliphatic carbocycles. The van der Waals surface area contributed by atoms with Gasteiger partial charge < -0.3 is 9.73 Å². The van der Waals surface area contributed by atoms with Gasteiger partial charge in [0.05, 0.1) is 12.8 Å². The molecule has 21 heavy (non-hydrogen) atoms. The first-order valence-corrected chi connectivity index (χ1v) is 8.67. The van der Waals surface area contributed by atoms with Crippen LogP contribution in [0.1, 0.15) is 57.8 Å². The second kappa shape index (κ2) is 8.60. The van der Waals surface area contributed by atoms with Gasteiger partial charge in [0.2, 0.25) is 0 Å². The van der Waals surface area contributed by atoms with Crippen LogP contribution in [0, 0.1) is 11.8 Å². The maximum atomic E-state index is 5.67. The first-order chi connectivity index (χ1) is 10.2. The first-order valence-electron chi connectivity index (χ1n) is 8.67. The molecule has 0 aromatic carbocycles. The van der Waals surface area contributed by atoms with Gasteiger partial charge in [0.15, 0.2) is 0 Å². The van der Waals surface area contributed by atoms with E-state index < -0.39 is 0 Å². The van der Waals surface area contributed by atoms with Crippen LogP contribution in [0.2, 0.25) is 0 Å². The standard InChI is InChI=1S/C18H32N2O/c1-4-16-6-5-9-20(10-7-16)14-17-8-11-21-18(17)13-19-12-15(2)3/h8,11,15-16,19H,4-7,9-10,12-14H2,1-3H3. The molecule has 1 atom stereocenters. The Morgan fingerprint density at radius 1 is 1.33 bits per heavy atom. The molecule has 3 heteroatoms. The Hall–Kier alpha value is -0.800.